The minimum absolute atomic E-state index is 0.578. The van der Waals surface area contributed by atoms with Crippen LogP contribution in [0.25, 0.3) is 0 Å². The van der Waals surface area contributed by atoms with Crippen LogP contribution in [0.3, 0.4) is 0 Å². The Morgan fingerprint density at radius 2 is 2.33 bits per heavy atom. The molecule has 1 aromatic heterocycles. The molecule has 0 spiro atoms. The second kappa shape index (κ2) is 5.88. The van der Waals surface area contributed by atoms with E-state index in [-0.39, 0.29) is 0 Å². The van der Waals surface area contributed by atoms with Crippen molar-refractivity contribution in [3.63, 3.8) is 0 Å². The van der Waals surface area contributed by atoms with Gasteiger partial charge in [0.1, 0.15) is 5.82 Å². The van der Waals surface area contributed by atoms with Gasteiger partial charge in [0.2, 0.25) is 0 Å². The van der Waals surface area contributed by atoms with Crippen molar-refractivity contribution in [1.29, 1.82) is 0 Å². The van der Waals surface area contributed by atoms with E-state index in [1.807, 2.05) is 26.5 Å². The van der Waals surface area contributed by atoms with Crippen molar-refractivity contribution < 1.29 is 0 Å². The van der Waals surface area contributed by atoms with Crippen LogP contribution < -0.4 is 5.32 Å². The van der Waals surface area contributed by atoms with Gasteiger partial charge in [0.25, 0.3) is 0 Å². The maximum absolute atomic E-state index is 4.32. The number of imidazole rings is 1. The van der Waals surface area contributed by atoms with Gasteiger partial charge in [0, 0.05) is 25.5 Å². The summed E-state index contributed by atoms with van der Waals surface area (Å²) in [6.07, 6.45) is 5.00. The van der Waals surface area contributed by atoms with Gasteiger partial charge in [-0.05, 0) is 34.0 Å². The van der Waals surface area contributed by atoms with Crippen LogP contribution in [0.2, 0.25) is 0 Å². The van der Waals surface area contributed by atoms with E-state index in [1.54, 1.807) is 0 Å². The van der Waals surface area contributed by atoms with Crippen molar-refractivity contribution in [2.75, 3.05) is 20.6 Å². The maximum Gasteiger partial charge on any atom is 0.122 e. The van der Waals surface area contributed by atoms with E-state index in [4.69, 9.17) is 0 Å². The lowest BCUT2D eigenvalue weighted by atomic mass is 10.2. The van der Waals surface area contributed by atoms with E-state index < -0.39 is 0 Å². The van der Waals surface area contributed by atoms with Gasteiger partial charge in [-0.15, -0.1) is 0 Å². The molecule has 4 heteroatoms. The average Bonchev–Trinajstić information content (AvgIpc) is 2.61. The van der Waals surface area contributed by atoms with Crippen LogP contribution in [-0.2, 0) is 13.6 Å². The summed E-state index contributed by atoms with van der Waals surface area (Å²) in [5.41, 5.74) is 0. The quantitative estimate of drug-likeness (QED) is 0.755. The molecule has 1 unspecified atom stereocenters. The van der Waals surface area contributed by atoms with Crippen LogP contribution in [0.5, 0.6) is 0 Å². The first-order chi connectivity index (χ1) is 7.15. The first-order valence-electron chi connectivity index (χ1n) is 5.46. The average molecular weight is 210 g/mol. The zero-order chi connectivity index (χ0) is 11.3. The number of aryl methyl sites for hydroxylation is 1. The van der Waals surface area contributed by atoms with Gasteiger partial charge in [-0.25, -0.2) is 4.98 Å². The van der Waals surface area contributed by atoms with E-state index in [1.165, 1.54) is 0 Å². The fraction of sp³-hybridized carbons (Fsp3) is 0.727. The summed E-state index contributed by atoms with van der Waals surface area (Å²) in [5, 5.41) is 3.18. The zero-order valence-corrected chi connectivity index (χ0v) is 10.2. The number of nitrogens with zero attached hydrogens (tertiary/aromatic N) is 3. The SMILES string of the molecule is CNCCC(C)N(C)Cc1nccn1C. The highest BCUT2D eigenvalue weighted by Crippen LogP contribution is 2.05. The molecular formula is C11H22N4. The van der Waals surface area contributed by atoms with E-state index >= 15 is 0 Å². The number of aromatic nitrogens is 2. The molecule has 0 aliphatic carbocycles. The fourth-order valence-corrected chi connectivity index (χ4v) is 1.50. The van der Waals surface area contributed by atoms with Gasteiger partial charge < -0.3 is 9.88 Å². The number of nitrogens with one attached hydrogen (secondary N) is 1. The molecule has 0 bridgehead atoms. The smallest absolute Gasteiger partial charge is 0.122 e. The van der Waals surface area contributed by atoms with Crippen LogP contribution in [-0.4, -0.2) is 41.1 Å². The molecule has 0 aliphatic rings. The van der Waals surface area contributed by atoms with E-state index in [2.05, 4.69) is 33.7 Å². The topological polar surface area (TPSA) is 33.1 Å². The molecule has 4 nitrogen and oxygen atoms in total. The number of hydrogen-bond donors (Lipinski definition) is 1. The van der Waals surface area contributed by atoms with Crippen molar-refractivity contribution >= 4 is 0 Å². The third kappa shape index (κ3) is 3.64. The van der Waals surface area contributed by atoms with Crippen molar-refractivity contribution in [1.82, 2.24) is 19.8 Å². The Labute approximate surface area is 92.3 Å². The molecule has 1 atom stereocenters. The molecule has 1 rings (SSSR count). The van der Waals surface area contributed by atoms with Crippen molar-refractivity contribution in [3.05, 3.63) is 18.2 Å². The predicted octanol–water partition coefficient (Wildman–Crippen LogP) is 0.850. The first-order valence-corrected chi connectivity index (χ1v) is 5.46. The fourth-order valence-electron chi connectivity index (χ4n) is 1.50. The summed E-state index contributed by atoms with van der Waals surface area (Å²) < 4.78 is 2.07. The molecule has 86 valence electrons. The predicted molar refractivity (Wildman–Crippen MR) is 62.7 cm³/mol. The summed E-state index contributed by atoms with van der Waals surface area (Å²) in [6, 6.07) is 0.578. The van der Waals surface area contributed by atoms with Crippen LogP contribution in [0.1, 0.15) is 19.2 Å². The molecule has 0 aromatic carbocycles. The molecule has 0 radical (unpaired) electrons. The third-order valence-electron chi connectivity index (χ3n) is 2.88. The normalized spacial score (nSPS) is 13.4. The van der Waals surface area contributed by atoms with Crippen LogP contribution in [0, 0.1) is 0 Å². The van der Waals surface area contributed by atoms with Gasteiger partial charge in [-0.3, -0.25) is 4.90 Å². The Kier molecular flexibility index (Phi) is 4.78. The summed E-state index contributed by atoms with van der Waals surface area (Å²) in [7, 11) is 6.18. The number of rotatable bonds is 6. The maximum atomic E-state index is 4.32. The van der Waals surface area contributed by atoms with Gasteiger partial charge in [-0.2, -0.15) is 0 Å². The van der Waals surface area contributed by atoms with Crippen molar-refractivity contribution in [3.8, 4) is 0 Å². The Balaban J connectivity index is 2.41. The molecule has 0 aliphatic heterocycles. The van der Waals surface area contributed by atoms with Crippen molar-refractivity contribution in [2.24, 2.45) is 7.05 Å². The van der Waals surface area contributed by atoms with Crippen LogP contribution >= 0.6 is 0 Å². The molecular weight excluding hydrogens is 188 g/mol. The monoisotopic (exact) mass is 210 g/mol. The minimum Gasteiger partial charge on any atom is -0.337 e. The van der Waals surface area contributed by atoms with E-state index in [9.17, 15) is 0 Å². The summed E-state index contributed by atoms with van der Waals surface area (Å²) in [6.45, 7) is 4.22. The van der Waals surface area contributed by atoms with E-state index in [0.717, 1.165) is 25.3 Å². The Morgan fingerprint density at radius 1 is 1.60 bits per heavy atom. The zero-order valence-electron chi connectivity index (χ0n) is 10.2. The van der Waals surface area contributed by atoms with Gasteiger partial charge in [-0.1, -0.05) is 0 Å². The number of hydrogen-bond acceptors (Lipinski definition) is 3. The molecule has 0 saturated carbocycles. The molecule has 0 fully saturated rings. The summed E-state index contributed by atoms with van der Waals surface area (Å²) in [5.74, 6) is 1.12. The van der Waals surface area contributed by atoms with Crippen molar-refractivity contribution in [2.45, 2.75) is 25.9 Å². The highest BCUT2D eigenvalue weighted by molar-refractivity contribution is 4.91. The third-order valence-corrected chi connectivity index (χ3v) is 2.88. The van der Waals surface area contributed by atoms with Gasteiger partial charge in [0.05, 0.1) is 6.54 Å². The molecule has 15 heavy (non-hydrogen) atoms. The Bertz CT molecular complexity index is 282. The molecule has 0 amide bonds. The minimum atomic E-state index is 0.578. The molecule has 0 saturated heterocycles. The highest BCUT2D eigenvalue weighted by atomic mass is 15.2. The highest BCUT2D eigenvalue weighted by Gasteiger charge is 2.10. The molecule has 1 heterocycles. The lowest BCUT2D eigenvalue weighted by Crippen LogP contribution is -2.32. The van der Waals surface area contributed by atoms with Crippen LogP contribution in [0.15, 0.2) is 12.4 Å². The first kappa shape index (κ1) is 12.2. The van der Waals surface area contributed by atoms with Gasteiger partial charge >= 0.3 is 0 Å². The molecule has 1 aromatic rings. The summed E-state index contributed by atoms with van der Waals surface area (Å²) >= 11 is 0. The van der Waals surface area contributed by atoms with Crippen LogP contribution in [0.4, 0.5) is 0 Å². The lowest BCUT2D eigenvalue weighted by Gasteiger charge is -2.24. The standard InChI is InChI=1S/C11H22N4/c1-10(5-6-12-2)15(4)9-11-13-7-8-14(11)3/h7-8,10,12H,5-6,9H2,1-4H3. The Morgan fingerprint density at radius 3 is 2.87 bits per heavy atom. The summed E-state index contributed by atoms with van der Waals surface area (Å²) in [4.78, 5) is 6.66. The largest absolute Gasteiger partial charge is 0.337 e. The lowest BCUT2D eigenvalue weighted by molar-refractivity contribution is 0.230. The molecule has 1 N–H and O–H groups in total. The second-order valence-corrected chi connectivity index (χ2v) is 4.11. The second-order valence-electron chi connectivity index (χ2n) is 4.11. The van der Waals surface area contributed by atoms with Gasteiger partial charge in [0.15, 0.2) is 0 Å². The Hall–Kier alpha value is -0.870. The van der Waals surface area contributed by atoms with E-state index in [0.29, 0.717) is 6.04 Å².